The predicted octanol–water partition coefficient (Wildman–Crippen LogP) is 5.20. The van der Waals surface area contributed by atoms with Crippen LogP contribution >= 0.6 is 0 Å². The summed E-state index contributed by atoms with van der Waals surface area (Å²) in [7, 11) is 0. The van der Waals surface area contributed by atoms with Crippen molar-refractivity contribution in [2.45, 2.75) is 84.0 Å². The van der Waals surface area contributed by atoms with Gasteiger partial charge in [0.2, 0.25) is 0 Å². The van der Waals surface area contributed by atoms with Crippen LogP contribution in [-0.2, 0) is 4.79 Å². The molecule has 0 heterocycles. The molecule has 0 aromatic rings. The standard InChI is InChI=1S/C16H28O/c1-2-12-16(17)15-13-10-8-6-4-3-5-7-9-11-14-15/h13H,2-12,14H2,1H3/b15-13-. The van der Waals surface area contributed by atoms with Crippen LogP contribution in [0.4, 0.5) is 0 Å². The SMILES string of the molecule is CCCC(=O)/C1=C\CCCCCCCCCC1. The van der Waals surface area contributed by atoms with Crippen LogP contribution in [-0.4, -0.2) is 5.78 Å². The number of carbonyl (C=O) groups excluding carboxylic acids is 1. The average Bonchev–Trinajstić information content (AvgIpc) is 2.30. The second-order valence-electron chi connectivity index (χ2n) is 5.27. The summed E-state index contributed by atoms with van der Waals surface area (Å²) in [4.78, 5) is 11.9. The van der Waals surface area contributed by atoms with E-state index >= 15 is 0 Å². The lowest BCUT2D eigenvalue weighted by molar-refractivity contribution is -0.115. The minimum Gasteiger partial charge on any atom is -0.295 e. The van der Waals surface area contributed by atoms with Crippen molar-refractivity contribution in [3.8, 4) is 0 Å². The van der Waals surface area contributed by atoms with Crippen LogP contribution in [0, 0.1) is 0 Å². The average molecular weight is 236 g/mol. The molecule has 0 saturated heterocycles. The third kappa shape index (κ3) is 6.65. The van der Waals surface area contributed by atoms with Crippen LogP contribution in [0.25, 0.3) is 0 Å². The number of hydrogen-bond acceptors (Lipinski definition) is 1. The van der Waals surface area contributed by atoms with Crippen molar-refractivity contribution in [3.63, 3.8) is 0 Å². The topological polar surface area (TPSA) is 17.1 Å². The molecule has 0 amide bonds. The van der Waals surface area contributed by atoms with E-state index in [4.69, 9.17) is 0 Å². The summed E-state index contributed by atoms with van der Waals surface area (Å²) in [6, 6.07) is 0. The van der Waals surface area contributed by atoms with Crippen LogP contribution in [0.5, 0.6) is 0 Å². The third-order valence-electron chi connectivity index (χ3n) is 3.63. The molecule has 0 aromatic carbocycles. The summed E-state index contributed by atoms with van der Waals surface area (Å²) >= 11 is 0. The van der Waals surface area contributed by atoms with Gasteiger partial charge in [0.25, 0.3) is 0 Å². The van der Waals surface area contributed by atoms with E-state index in [-0.39, 0.29) is 0 Å². The number of Topliss-reactive ketones (excluding diaryl/α,β-unsaturated/α-hetero) is 1. The van der Waals surface area contributed by atoms with Crippen molar-refractivity contribution in [2.75, 3.05) is 0 Å². The Labute approximate surface area is 107 Å². The Balaban J connectivity index is 2.47. The van der Waals surface area contributed by atoms with Gasteiger partial charge in [-0.1, -0.05) is 51.5 Å². The quantitative estimate of drug-likeness (QED) is 0.658. The van der Waals surface area contributed by atoms with Crippen LogP contribution in [0.2, 0.25) is 0 Å². The van der Waals surface area contributed by atoms with Gasteiger partial charge in [-0.05, 0) is 37.7 Å². The molecule has 1 nitrogen and oxygen atoms in total. The molecular weight excluding hydrogens is 208 g/mol. The molecule has 1 aliphatic rings. The van der Waals surface area contributed by atoms with Gasteiger partial charge in [0.05, 0.1) is 0 Å². The van der Waals surface area contributed by atoms with Gasteiger partial charge in [-0.2, -0.15) is 0 Å². The molecule has 0 saturated carbocycles. The zero-order chi connectivity index (χ0) is 12.3. The Hall–Kier alpha value is -0.590. The van der Waals surface area contributed by atoms with E-state index in [1.54, 1.807) is 0 Å². The van der Waals surface area contributed by atoms with Gasteiger partial charge in [0.1, 0.15) is 0 Å². The molecule has 0 atom stereocenters. The maximum atomic E-state index is 11.9. The zero-order valence-electron chi connectivity index (χ0n) is 11.5. The lowest BCUT2D eigenvalue weighted by Gasteiger charge is -2.08. The van der Waals surface area contributed by atoms with Crippen LogP contribution in [0.15, 0.2) is 11.6 Å². The first-order valence-electron chi connectivity index (χ1n) is 7.57. The van der Waals surface area contributed by atoms with Crippen molar-refractivity contribution in [1.82, 2.24) is 0 Å². The van der Waals surface area contributed by atoms with Crippen molar-refractivity contribution in [2.24, 2.45) is 0 Å². The summed E-state index contributed by atoms with van der Waals surface area (Å²) in [6.07, 6.45) is 16.8. The maximum Gasteiger partial charge on any atom is 0.158 e. The van der Waals surface area contributed by atoms with E-state index < -0.39 is 0 Å². The van der Waals surface area contributed by atoms with E-state index in [9.17, 15) is 4.79 Å². The molecule has 1 aliphatic carbocycles. The molecule has 0 unspecified atom stereocenters. The summed E-state index contributed by atoms with van der Waals surface area (Å²) in [5, 5.41) is 0. The summed E-state index contributed by atoms with van der Waals surface area (Å²) < 4.78 is 0. The van der Waals surface area contributed by atoms with E-state index in [0.717, 1.165) is 31.3 Å². The Morgan fingerprint density at radius 2 is 1.59 bits per heavy atom. The fourth-order valence-corrected chi connectivity index (χ4v) is 2.54. The van der Waals surface area contributed by atoms with E-state index in [2.05, 4.69) is 13.0 Å². The first kappa shape index (κ1) is 14.5. The Kier molecular flexibility index (Phi) is 8.04. The first-order valence-corrected chi connectivity index (χ1v) is 7.57. The van der Waals surface area contributed by atoms with Gasteiger partial charge in [0.15, 0.2) is 5.78 Å². The van der Waals surface area contributed by atoms with Gasteiger partial charge >= 0.3 is 0 Å². The number of hydrogen-bond donors (Lipinski definition) is 0. The van der Waals surface area contributed by atoms with Crippen molar-refractivity contribution in [1.29, 1.82) is 0 Å². The lowest BCUT2D eigenvalue weighted by Crippen LogP contribution is -2.02. The molecule has 98 valence electrons. The second kappa shape index (κ2) is 9.44. The molecule has 0 radical (unpaired) electrons. The zero-order valence-corrected chi connectivity index (χ0v) is 11.5. The molecule has 0 aromatic heterocycles. The van der Waals surface area contributed by atoms with Crippen LogP contribution in [0.3, 0.4) is 0 Å². The monoisotopic (exact) mass is 236 g/mol. The molecule has 0 N–H and O–H groups in total. The molecule has 1 rings (SSSR count). The molecule has 0 spiro atoms. The van der Waals surface area contributed by atoms with Gasteiger partial charge in [-0.3, -0.25) is 4.79 Å². The summed E-state index contributed by atoms with van der Waals surface area (Å²) in [5.74, 6) is 0.407. The van der Waals surface area contributed by atoms with Crippen LogP contribution in [0.1, 0.15) is 84.0 Å². The normalized spacial score (nSPS) is 23.0. The molecule has 1 heteroatoms. The fraction of sp³-hybridized carbons (Fsp3) is 0.812. The Morgan fingerprint density at radius 1 is 1.00 bits per heavy atom. The van der Waals surface area contributed by atoms with Crippen molar-refractivity contribution < 1.29 is 4.79 Å². The highest BCUT2D eigenvalue weighted by Gasteiger charge is 2.08. The highest BCUT2D eigenvalue weighted by Crippen LogP contribution is 2.18. The minimum atomic E-state index is 0.407. The molecule has 0 aliphatic heterocycles. The van der Waals surface area contributed by atoms with Crippen molar-refractivity contribution in [3.05, 3.63) is 11.6 Å². The molecule has 17 heavy (non-hydrogen) atoms. The van der Waals surface area contributed by atoms with E-state index in [0.29, 0.717) is 5.78 Å². The van der Waals surface area contributed by atoms with E-state index in [1.165, 1.54) is 51.4 Å². The fourth-order valence-electron chi connectivity index (χ4n) is 2.54. The lowest BCUT2D eigenvalue weighted by atomic mass is 9.96. The number of rotatable bonds is 3. The van der Waals surface area contributed by atoms with Crippen molar-refractivity contribution >= 4 is 5.78 Å². The number of carbonyl (C=O) groups is 1. The summed E-state index contributed by atoms with van der Waals surface area (Å²) in [5.41, 5.74) is 1.13. The highest BCUT2D eigenvalue weighted by molar-refractivity contribution is 5.95. The van der Waals surface area contributed by atoms with Gasteiger partial charge in [-0.15, -0.1) is 0 Å². The van der Waals surface area contributed by atoms with Gasteiger partial charge in [-0.25, -0.2) is 0 Å². The number of allylic oxidation sites excluding steroid dienone is 2. The minimum absolute atomic E-state index is 0.407. The second-order valence-corrected chi connectivity index (χ2v) is 5.27. The maximum absolute atomic E-state index is 11.9. The van der Waals surface area contributed by atoms with Gasteiger partial charge < -0.3 is 0 Å². The summed E-state index contributed by atoms with van der Waals surface area (Å²) in [6.45, 7) is 2.09. The highest BCUT2D eigenvalue weighted by atomic mass is 16.1. The van der Waals surface area contributed by atoms with Crippen LogP contribution < -0.4 is 0 Å². The predicted molar refractivity (Wildman–Crippen MR) is 74.2 cm³/mol. The molecular formula is C16H28O. The number of ketones is 1. The smallest absolute Gasteiger partial charge is 0.158 e. The molecule has 0 fully saturated rings. The van der Waals surface area contributed by atoms with E-state index in [1.807, 2.05) is 0 Å². The van der Waals surface area contributed by atoms with Gasteiger partial charge in [0, 0.05) is 6.42 Å². The Morgan fingerprint density at radius 3 is 2.24 bits per heavy atom. The third-order valence-corrected chi connectivity index (χ3v) is 3.63. The first-order chi connectivity index (χ1) is 8.34. The Bertz CT molecular complexity index is 240. The largest absolute Gasteiger partial charge is 0.295 e. The molecule has 0 bridgehead atoms.